The minimum Gasteiger partial charge on any atom is -0.384 e. The highest BCUT2D eigenvalue weighted by molar-refractivity contribution is 7.92. The van der Waals surface area contributed by atoms with Gasteiger partial charge in [0, 0.05) is 25.4 Å². The maximum atomic E-state index is 13.6. The van der Waals surface area contributed by atoms with Gasteiger partial charge >= 0.3 is 6.03 Å². The summed E-state index contributed by atoms with van der Waals surface area (Å²) in [5.74, 6) is 0.350. The van der Waals surface area contributed by atoms with Crippen LogP contribution in [0.25, 0.3) is 5.57 Å². The van der Waals surface area contributed by atoms with Crippen LogP contribution in [0.2, 0.25) is 5.02 Å². The number of rotatable bonds is 11. The van der Waals surface area contributed by atoms with Crippen molar-refractivity contribution in [1.29, 1.82) is 0 Å². The smallest absolute Gasteiger partial charge is 0.318 e. The minimum atomic E-state index is -3.88. The summed E-state index contributed by atoms with van der Waals surface area (Å²) in [5, 5.41) is 7.70. The van der Waals surface area contributed by atoms with Gasteiger partial charge in [0.2, 0.25) is 0 Å². The minimum absolute atomic E-state index is 0.0295. The van der Waals surface area contributed by atoms with Gasteiger partial charge in [-0.15, -0.1) is 0 Å². The Labute approximate surface area is 213 Å². The number of sulfone groups is 1. The molecular weight excluding hydrogens is 514 g/mol. The number of carbonyl (C=O) groups excluding carboxylic acids is 1. The van der Waals surface area contributed by atoms with Crippen molar-refractivity contribution in [1.82, 2.24) is 20.6 Å². The monoisotopic (exact) mass is 540 g/mol. The number of hydrogen-bond donors (Lipinski definition) is 4. The molecule has 1 fully saturated rings. The van der Waals surface area contributed by atoms with Crippen molar-refractivity contribution in [3.63, 3.8) is 0 Å². The van der Waals surface area contributed by atoms with Crippen molar-refractivity contribution in [2.75, 3.05) is 37.5 Å². The molecule has 0 bridgehead atoms. The number of alkyl halides is 2. The maximum Gasteiger partial charge on any atom is 0.318 e. The summed E-state index contributed by atoms with van der Waals surface area (Å²) in [5.41, 5.74) is 7.28. The zero-order valence-corrected chi connectivity index (χ0v) is 21.1. The van der Waals surface area contributed by atoms with Crippen LogP contribution in [0.15, 0.2) is 47.5 Å². The second-order valence-corrected chi connectivity index (χ2v) is 10.7. The lowest BCUT2D eigenvalue weighted by molar-refractivity contribution is 0.243. The summed E-state index contributed by atoms with van der Waals surface area (Å²) in [4.78, 5) is 20.2. The molecule has 9 nitrogen and oxygen atoms in total. The fourth-order valence-electron chi connectivity index (χ4n) is 3.47. The van der Waals surface area contributed by atoms with E-state index in [1.165, 1.54) is 36.5 Å². The third-order valence-corrected chi connectivity index (χ3v) is 8.32. The first-order valence-electron chi connectivity index (χ1n) is 11.1. The zero-order chi connectivity index (χ0) is 26.3. The van der Waals surface area contributed by atoms with Gasteiger partial charge in [-0.05, 0) is 49.6 Å². The molecule has 0 unspecified atom stereocenters. The highest BCUT2D eigenvalue weighted by Crippen LogP contribution is 2.55. The van der Waals surface area contributed by atoms with E-state index < -0.39 is 34.0 Å². The first kappa shape index (κ1) is 27.3. The summed E-state index contributed by atoms with van der Waals surface area (Å²) in [6.45, 7) is 0.420. The molecule has 0 aliphatic heterocycles. The summed E-state index contributed by atoms with van der Waals surface area (Å²) >= 11 is 6.23. The number of aromatic nitrogens is 2. The molecule has 1 aromatic carbocycles. The van der Waals surface area contributed by atoms with Crippen LogP contribution in [0.4, 0.5) is 25.1 Å². The molecule has 2 amide bonds. The van der Waals surface area contributed by atoms with Crippen LogP contribution in [-0.2, 0) is 14.6 Å². The normalized spacial score (nSPS) is 15.1. The molecule has 1 aliphatic carbocycles. The van der Waals surface area contributed by atoms with Crippen molar-refractivity contribution >= 4 is 44.5 Å². The Morgan fingerprint density at radius 1 is 1.19 bits per heavy atom. The Morgan fingerprint density at radius 3 is 2.56 bits per heavy atom. The van der Waals surface area contributed by atoms with Gasteiger partial charge in [0.05, 0.1) is 21.3 Å². The highest BCUT2D eigenvalue weighted by atomic mass is 35.5. The molecule has 2 aromatic rings. The molecule has 194 valence electrons. The van der Waals surface area contributed by atoms with E-state index in [1.807, 2.05) is 0 Å². The van der Waals surface area contributed by atoms with Crippen LogP contribution >= 0.6 is 11.6 Å². The standard InChI is InChI=1S/C23H27ClF2N6O3S/c1-15(3-2-10-29-22(33)30-12-9-26)21-31-19(14-20(27)32-21)23(6-7-23)36(34,35)16-4-5-18(17(24)13-16)28-11-8-25/h2-5,10,13-14,28H,6-9,11-12H2,1H3,(H2,27,31,32)(H2,29,30,33)/b10-2+,15-3+. The number of nitrogens with two attached hydrogens (primary N) is 1. The van der Waals surface area contributed by atoms with E-state index in [9.17, 15) is 22.0 Å². The molecule has 0 saturated heterocycles. The number of amides is 2. The predicted octanol–water partition coefficient (Wildman–Crippen LogP) is 3.74. The summed E-state index contributed by atoms with van der Waals surface area (Å²) < 4.78 is 50.5. The molecule has 1 aliphatic rings. The van der Waals surface area contributed by atoms with Crippen molar-refractivity contribution < 1.29 is 22.0 Å². The number of hydrogen-bond acceptors (Lipinski definition) is 7. The average Bonchev–Trinajstić information content (AvgIpc) is 3.67. The number of benzene rings is 1. The zero-order valence-electron chi connectivity index (χ0n) is 19.5. The summed E-state index contributed by atoms with van der Waals surface area (Å²) in [6, 6.07) is 5.18. The van der Waals surface area contributed by atoms with E-state index in [4.69, 9.17) is 17.3 Å². The summed E-state index contributed by atoms with van der Waals surface area (Å²) in [7, 11) is -3.88. The lowest BCUT2D eigenvalue weighted by atomic mass is 10.2. The molecule has 1 saturated carbocycles. The van der Waals surface area contributed by atoms with Crippen LogP contribution < -0.4 is 21.7 Å². The maximum absolute atomic E-state index is 13.6. The fourth-order valence-corrected chi connectivity index (χ4v) is 5.77. The molecular formula is C23H27ClF2N6O3S. The number of anilines is 2. The SMILES string of the molecule is C/C(=C\C=C\NC(=O)NCCF)c1nc(N)cc(C2(S(=O)(=O)c3ccc(NCCF)c(Cl)c3)CC2)n1. The molecule has 5 N–H and O–H groups in total. The number of halogens is 3. The Bertz CT molecular complexity index is 1280. The van der Waals surface area contributed by atoms with Gasteiger partial charge in [-0.25, -0.2) is 32.0 Å². The fraction of sp³-hybridized carbons (Fsp3) is 0.348. The highest BCUT2D eigenvalue weighted by Gasteiger charge is 2.58. The molecule has 13 heteroatoms. The van der Waals surface area contributed by atoms with Gasteiger partial charge in [-0.1, -0.05) is 17.7 Å². The Hall–Kier alpha value is -3.25. The molecule has 0 spiro atoms. The number of nitrogen functional groups attached to an aromatic ring is 1. The Kier molecular flexibility index (Phi) is 8.85. The number of carbonyl (C=O) groups is 1. The van der Waals surface area contributed by atoms with Gasteiger partial charge in [0.15, 0.2) is 15.7 Å². The van der Waals surface area contributed by atoms with Crippen molar-refractivity contribution in [3.05, 3.63) is 59.2 Å². The van der Waals surface area contributed by atoms with Crippen molar-refractivity contribution in [3.8, 4) is 0 Å². The number of urea groups is 1. The lowest BCUT2D eigenvalue weighted by Crippen LogP contribution is -2.33. The predicted molar refractivity (Wildman–Crippen MR) is 136 cm³/mol. The van der Waals surface area contributed by atoms with Crippen LogP contribution in [0.5, 0.6) is 0 Å². The van der Waals surface area contributed by atoms with Gasteiger partial charge in [-0.3, -0.25) is 0 Å². The summed E-state index contributed by atoms with van der Waals surface area (Å²) in [6.07, 6.45) is 5.20. The van der Waals surface area contributed by atoms with E-state index in [0.29, 0.717) is 24.1 Å². The third kappa shape index (κ3) is 6.11. The molecule has 1 heterocycles. The average molecular weight is 541 g/mol. The lowest BCUT2D eigenvalue weighted by Gasteiger charge is -2.18. The Morgan fingerprint density at radius 2 is 1.92 bits per heavy atom. The van der Waals surface area contributed by atoms with Crippen LogP contribution in [0, 0.1) is 0 Å². The quantitative estimate of drug-likeness (QED) is 0.318. The van der Waals surface area contributed by atoms with Crippen molar-refractivity contribution in [2.45, 2.75) is 29.4 Å². The molecule has 1 aromatic heterocycles. The third-order valence-electron chi connectivity index (χ3n) is 5.48. The largest absolute Gasteiger partial charge is 0.384 e. The molecule has 3 rings (SSSR count). The van der Waals surface area contributed by atoms with Crippen LogP contribution in [0.1, 0.15) is 31.3 Å². The van der Waals surface area contributed by atoms with E-state index in [1.54, 1.807) is 13.0 Å². The van der Waals surface area contributed by atoms with E-state index in [0.717, 1.165) is 0 Å². The van der Waals surface area contributed by atoms with E-state index >= 15 is 0 Å². The van der Waals surface area contributed by atoms with Crippen molar-refractivity contribution in [2.24, 2.45) is 0 Å². The van der Waals surface area contributed by atoms with Crippen LogP contribution in [-0.4, -0.2) is 50.9 Å². The number of allylic oxidation sites excluding steroid dienone is 3. The first-order valence-corrected chi connectivity index (χ1v) is 12.9. The number of nitrogens with zero attached hydrogens (tertiary/aromatic N) is 2. The van der Waals surface area contributed by atoms with Gasteiger partial charge in [0.1, 0.15) is 23.9 Å². The molecule has 36 heavy (non-hydrogen) atoms. The molecule has 0 atom stereocenters. The van der Waals surface area contributed by atoms with Gasteiger partial charge < -0.3 is 21.7 Å². The first-order chi connectivity index (χ1) is 17.1. The molecule has 0 radical (unpaired) electrons. The Balaban J connectivity index is 1.85. The number of nitrogens with one attached hydrogen (secondary N) is 3. The second kappa shape index (κ2) is 11.7. The van der Waals surface area contributed by atoms with E-state index in [-0.39, 0.29) is 40.3 Å². The topological polar surface area (TPSA) is 139 Å². The second-order valence-electron chi connectivity index (χ2n) is 8.05. The van der Waals surface area contributed by atoms with E-state index in [2.05, 4.69) is 25.9 Å². The van der Waals surface area contributed by atoms with Gasteiger partial charge in [-0.2, -0.15) is 0 Å². The van der Waals surface area contributed by atoms with Gasteiger partial charge in [0.25, 0.3) is 0 Å². The van der Waals surface area contributed by atoms with Crippen LogP contribution in [0.3, 0.4) is 0 Å².